The van der Waals surface area contributed by atoms with Crippen molar-refractivity contribution >= 4 is 15.9 Å². The molecule has 0 fully saturated rings. The van der Waals surface area contributed by atoms with Crippen molar-refractivity contribution in [2.75, 3.05) is 5.33 Å². The van der Waals surface area contributed by atoms with Crippen molar-refractivity contribution in [1.29, 1.82) is 0 Å². The number of rotatable bonds is 2. The molecule has 0 aliphatic rings. The van der Waals surface area contributed by atoms with E-state index in [4.69, 9.17) is 0 Å². The number of halogens is 2. The summed E-state index contributed by atoms with van der Waals surface area (Å²) in [6.45, 7) is 1.56. The zero-order valence-corrected chi connectivity index (χ0v) is 5.33. The van der Waals surface area contributed by atoms with Crippen LogP contribution in [0.3, 0.4) is 0 Å². The van der Waals surface area contributed by atoms with Crippen LogP contribution >= 0.6 is 15.9 Å². The molecule has 0 aliphatic heterocycles. The molecule has 0 amide bonds. The predicted octanol–water partition coefficient (Wildman–Crippen LogP) is 2.13. The van der Waals surface area contributed by atoms with E-state index in [9.17, 15) is 4.39 Å². The van der Waals surface area contributed by atoms with Crippen molar-refractivity contribution < 1.29 is 4.39 Å². The fourth-order valence-corrected chi connectivity index (χ4v) is 0.781. The Morgan fingerprint density at radius 3 is 2.33 bits per heavy atom. The molecular formula is C4H8BrF. The third-order valence-corrected chi connectivity index (χ3v) is 0.965. The molecule has 0 nitrogen and oxygen atoms in total. The van der Waals surface area contributed by atoms with E-state index in [1.807, 2.05) is 0 Å². The molecule has 1 atom stereocenters. The monoisotopic (exact) mass is 154 g/mol. The van der Waals surface area contributed by atoms with Crippen molar-refractivity contribution in [3.8, 4) is 0 Å². The number of hydrogen-bond acceptors (Lipinski definition) is 0. The Balaban J connectivity index is 2.63. The summed E-state index contributed by atoms with van der Waals surface area (Å²) in [5.41, 5.74) is 0. The van der Waals surface area contributed by atoms with Gasteiger partial charge in [0.1, 0.15) is 0 Å². The van der Waals surface area contributed by atoms with Gasteiger partial charge in [0, 0.05) is 5.33 Å². The van der Waals surface area contributed by atoms with Crippen LogP contribution in [0.5, 0.6) is 0 Å². The van der Waals surface area contributed by atoms with Gasteiger partial charge in [-0.1, -0.05) is 15.9 Å². The van der Waals surface area contributed by atoms with E-state index in [-0.39, 0.29) is 0 Å². The lowest BCUT2D eigenvalue weighted by molar-refractivity contribution is 0.355. The zero-order valence-electron chi connectivity index (χ0n) is 3.75. The Kier molecular flexibility index (Phi) is 3.84. The quantitative estimate of drug-likeness (QED) is 0.535. The second-order valence-corrected chi connectivity index (χ2v) is 2.05. The fourth-order valence-electron chi connectivity index (χ4n) is 0.150. The summed E-state index contributed by atoms with van der Waals surface area (Å²) in [7, 11) is 0. The molecule has 0 rings (SSSR count). The summed E-state index contributed by atoms with van der Waals surface area (Å²) >= 11 is 3.11. The molecule has 6 heavy (non-hydrogen) atoms. The third kappa shape index (κ3) is 4.41. The van der Waals surface area contributed by atoms with Crippen molar-refractivity contribution in [1.82, 2.24) is 0 Å². The second kappa shape index (κ2) is 3.59. The van der Waals surface area contributed by atoms with Crippen LogP contribution in [0.2, 0.25) is 0 Å². The van der Waals surface area contributed by atoms with Gasteiger partial charge in [-0.2, -0.15) is 0 Å². The molecule has 0 aromatic heterocycles. The molecule has 0 aromatic carbocycles. The van der Waals surface area contributed by atoms with Gasteiger partial charge >= 0.3 is 0 Å². The summed E-state index contributed by atoms with van der Waals surface area (Å²) < 4.78 is 11.7. The van der Waals surface area contributed by atoms with Crippen LogP contribution in [0, 0.1) is 0 Å². The molecule has 0 radical (unpaired) electrons. The van der Waals surface area contributed by atoms with Crippen LogP contribution in [0.25, 0.3) is 0 Å². The minimum atomic E-state index is -0.649. The molecule has 0 heterocycles. The Bertz CT molecular complexity index is 28.7. The van der Waals surface area contributed by atoms with Crippen LogP contribution < -0.4 is 0 Å². The van der Waals surface area contributed by atoms with Gasteiger partial charge in [-0.25, -0.2) is 4.39 Å². The second-order valence-electron chi connectivity index (χ2n) is 1.26. The molecule has 0 saturated heterocycles. The lowest BCUT2D eigenvalue weighted by Crippen LogP contribution is -1.90. The summed E-state index contributed by atoms with van der Waals surface area (Å²) in [5.74, 6) is 0. The number of hydrogen-bond donors (Lipinski definition) is 0. The fraction of sp³-hybridized carbons (Fsp3) is 1.00. The van der Waals surface area contributed by atoms with Gasteiger partial charge in [-0.05, 0) is 13.3 Å². The van der Waals surface area contributed by atoms with Crippen LogP contribution in [0.1, 0.15) is 13.3 Å². The molecule has 0 bridgehead atoms. The molecule has 0 aliphatic carbocycles. The maximum absolute atomic E-state index is 11.7. The minimum Gasteiger partial charge on any atom is -0.248 e. The molecule has 0 aromatic rings. The Morgan fingerprint density at radius 1 is 1.83 bits per heavy atom. The van der Waals surface area contributed by atoms with Crippen LogP contribution in [0.15, 0.2) is 0 Å². The molecule has 0 spiro atoms. The van der Waals surface area contributed by atoms with Crippen LogP contribution in [0.4, 0.5) is 4.39 Å². The largest absolute Gasteiger partial charge is 0.248 e. The smallest absolute Gasteiger partial charge is 0.0981 e. The van der Waals surface area contributed by atoms with E-state index in [2.05, 4.69) is 15.9 Å². The maximum atomic E-state index is 11.7. The van der Waals surface area contributed by atoms with Gasteiger partial charge in [-0.15, -0.1) is 0 Å². The van der Waals surface area contributed by atoms with Crippen molar-refractivity contribution in [2.24, 2.45) is 0 Å². The van der Waals surface area contributed by atoms with Crippen molar-refractivity contribution in [3.05, 3.63) is 0 Å². The Labute approximate surface area is 45.9 Å². The van der Waals surface area contributed by atoms with E-state index in [1.54, 1.807) is 6.92 Å². The normalized spacial score (nSPS) is 14.5. The Hall–Kier alpha value is 0.410. The van der Waals surface area contributed by atoms with Crippen molar-refractivity contribution in [2.45, 2.75) is 19.5 Å². The highest BCUT2D eigenvalue weighted by atomic mass is 79.9. The molecule has 0 N–H and O–H groups in total. The summed E-state index contributed by atoms with van der Waals surface area (Å²) in [6, 6.07) is 0. The first-order chi connectivity index (χ1) is 2.77. The molecule has 38 valence electrons. The first kappa shape index (κ1) is 6.41. The average molecular weight is 155 g/mol. The first-order valence-electron chi connectivity index (χ1n) is 1.97. The van der Waals surface area contributed by atoms with Gasteiger partial charge in [0.15, 0.2) is 0 Å². The summed E-state index contributed by atoms with van der Waals surface area (Å²) in [5, 5.41) is 0.769. The molecule has 0 saturated carbocycles. The highest BCUT2D eigenvalue weighted by Gasteiger charge is 1.91. The summed E-state index contributed by atoms with van der Waals surface area (Å²) in [6.07, 6.45) is -0.0237. The lowest BCUT2D eigenvalue weighted by Gasteiger charge is -1.90. The van der Waals surface area contributed by atoms with Crippen molar-refractivity contribution in [3.63, 3.8) is 0 Å². The van der Waals surface area contributed by atoms with Crippen LogP contribution in [-0.4, -0.2) is 11.5 Å². The van der Waals surface area contributed by atoms with Gasteiger partial charge in [0.25, 0.3) is 0 Å². The lowest BCUT2D eigenvalue weighted by atomic mass is 10.3. The van der Waals surface area contributed by atoms with Gasteiger partial charge in [0.05, 0.1) is 6.17 Å². The van der Waals surface area contributed by atoms with E-state index < -0.39 is 6.17 Å². The first-order valence-corrected chi connectivity index (χ1v) is 3.09. The van der Waals surface area contributed by atoms with Crippen LogP contribution in [-0.2, 0) is 0 Å². The molecule has 2 heteroatoms. The number of alkyl halides is 2. The van der Waals surface area contributed by atoms with Gasteiger partial charge < -0.3 is 0 Å². The minimum absolute atomic E-state index is 0.625. The zero-order chi connectivity index (χ0) is 4.99. The molecular weight excluding hydrogens is 147 g/mol. The SMILES string of the molecule is CC(F)CCBr. The van der Waals surface area contributed by atoms with Gasteiger partial charge in [0.2, 0.25) is 0 Å². The van der Waals surface area contributed by atoms with E-state index in [1.165, 1.54) is 0 Å². The maximum Gasteiger partial charge on any atom is 0.0981 e. The summed E-state index contributed by atoms with van der Waals surface area (Å²) in [4.78, 5) is 0. The predicted molar refractivity (Wildman–Crippen MR) is 29.0 cm³/mol. The Morgan fingerprint density at radius 2 is 2.33 bits per heavy atom. The molecule has 1 unspecified atom stereocenters. The standard InChI is InChI=1S/C4H8BrF/c1-4(6)2-3-5/h4H,2-3H2,1H3. The third-order valence-electron chi connectivity index (χ3n) is 0.507. The highest BCUT2D eigenvalue weighted by Crippen LogP contribution is 1.97. The topological polar surface area (TPSA) is 0 Å². The van der Waals surface area contributed by atoms with E-state index >= 15 is 0 Å². The van der Waals surface area contributed by atoms with Gasteiger partial charge in [-0.3, -0.25) is 0 Å². The highest BCUT2D eigenvalue weighted by molar-refractivity contribution is 9.09. The van der Waals surface area contributed by atoms with E-state index in [0.29, 0.717) is 6.42 Å². The van der Waals surface area contributed by atoms with E-state index in [0.717, 1.165) is 5.33 Å². The average Bonchev–Trinajstić information content (AvgIpc) is 1.35.